The van der Waals surface area contributed by atoms with Crippen LogP contribution < -0.4 is 15.6 Å². The van der Waals surface area contributed by atoms with Gasteiger partial charge in [0, 0.05) is 11.6 Å². The molecule has 10 heteroatoms. The number of nitrogens with one attached hydrogen (secondary N) is 1. The number of anilines is 1. The van der Waals surface area contributed by atoms with Gasteiger partial charge in [-0.15, -0.1) is 0 Å². The van der Waals surface area contributed by atoms with E-state index in [4.69, 9.17) is 9.47 Å². The molecule has 7 nitrogen and oxygen atoms in total. The van der Waals surface area contributed by atoms with Crippen LogP contribution in [0.25, 0.3) is 10.8 Å². The number of fused-ring (bicyclic) bond motifs is 1. The minimum atomic E-state index is -4.64. The second-order valence-electron chi connectivity index (χ2n) is 7.07. The first-order valence-electron chi connectivity index (χ1n) is 10.0. The molecule has 0 aliphatic rings. The lowest BCUT2D eigenvalue weighted by atomic mass is 10.1. The standard InChI is InChI=1S/C23H21F3N2O5/c1-3-32-22(31)14(2)33-19-10-6-7-16-15(19)11-12-28(21(16)30)13-20(29)27-18-9-5-4-8-17(18)23(24,25)26/h4-12,14H,3,13H2,1-2H3,(H,27,29)/t14-/m0/s1. The molecule has 0 unspecified atom stereocenters. The molecule has 0 spiro atoms. The fourth-order valence-electron chi connectivity index (χ4n) is 3.20. The molecule has 0 fully saturated rings. The highest BCUT2D eigenvalue weighted by Gasteiger charge is 2.33. The number of carbonyl (C=O) groups is 2. The number of benzene rings is 2. The predicted octanol–water partition coefficient (Wildman–Crippen LogP) is 3.99. The average molecular weight is 462 g/mol. The van der Waals surface area contributed by atoms with Crippen molar-refractivity contribution in [1.82, 2.24) is 4.57 Å². The maximum atomic E-state index is 13.1. The zero-order valence-corrected chi connectivity index (χ0v) is 17.8. The molecule has 1 atom stereocenters. The van der Waals surface area contributed by atoms with E-state index in [1.54, 1.807) is 19.1 Å². The van der Waals surface area contributed by atoms with Crippen molar-refractivity contribution >= 4 is 28.3 Å². The summed E-state index contributed by atoms with van der Waals surface area (Å²) in [7, 11) is 0. The summed E-state index contributed by atoms with van der Waals surface area (Å²) < 4.78 is 51.0. The van der Waals surface area contributed by atoms with Gasteiger partial charge in [0.15, 0.2) is 6.10 Å². The number of rotatable bonds is 7. The third-order valence-corrected chi connectivity index (χ3v) is 4.72. The van der Waals surface area contributed by atoms with Crippen molar-refractivity contribution in [1.29, 1.82) is 0 Å². The van der Waals surface area contributed by atoms with Crippen LogP contribution in [0.2, 0.25) is 0 Å². The molecule has 2 aromatic carbocycles. The molecule has 0 aliphatic carbocycles. The molecule has 33 heavy (non-hydrogen) atoms. The van der Waals surface area contributed by atoms with Gasteiger partial charge in [0.25, 0.3) is 5.56 Å². The van der Waals surface area contributed by atoms with E-state index in [1.807, 2.05) is 0 Å². The van der Waals surface area contributed by atoms with Crippen molar-refractivity contribution in [3.05, 3.63) is 70.6 Å². The molecule has 3 aromatic rings. The second kappa shape index (κ2) is 9.76. The Balaban J connectivity index is 1.83. The highest BCUT2D eigenvalue weighted by atomic mass is 19.4. The average Bonchev–Trinajstić information content (AvgIpc) is 2.76. The summed E-state index contributed by atoms with van der Waals surface area (Å²) in [6, 6.07) is 10.8. The van der Waals surface area contributed by atoms with Gasteiger partial charge in [0.05, 0.1) is 23.2 Å². The number of ether oxygens (including phenoxy) is 2. The van der Waals surface area contributed by atoms with E-state index in [9.17, 15) is 27.6 Å². The van der Waals surface area contributed by atoms with Crippen LogP contribution in [-0.4, -0.2) is 29.2 Å². The number of para-hydroxylation sites is 1. The Labute approximate surface area is 186 Å². The van der Waals surface area contributed by atoms with Crippen molar-refractivity contribution in [2.75, 3.05) is 11.9 Å². The molecule has 0 saturated heterocycles. The quantitative estimate of drug-likeness (QED) is 0.537. The zero-order valence-electron chi connectivity index (χ0n) is 17.8. The Morgan fingerprint density at radius 3 is 2.48 bits per heavy atom. The molecule has 0 saturated carbocycles. The summed E-state index contributed by atoms with van der Waals surface area (Å²) in [5.41, 5.74) is -1.92. The van der Waals surface area contributed by atoms with Crippen LogP contribution in [0.5, 0.6) is 5.75 Å². The van der Waals surface area contributed by atoms with Gasteiger partial charge in [0.1, 0.15) is 12.3 Å². The van der Waals surface area contributed by atoms with E-state index in [0.29, 0.717) is 5.39 Å². The Kier molecular flexibility index (Phi) is 7.05. The van der Waals surface area contributed by atoms with Crippen LogP contribution in [0, 0.1) is 0 Å². The minimum absolute atomic E-state index is 0.197. The fourth-order valence-corrected chi connectivity index (χ4v) is 3.20. The maximum Gasteiger partial charge on any atom is 0.418 e. The molecule has 1 N–H and O–H groups in total. The minimum Gasteiger partial charge on any atom is -0.478 e. The second-order valence-corrected chi connectivity index (χ2v) is 7.07. The van der Waals surface area contributed by atoms with E-state index in [2.05, 4.69) is 5.32 Å². The molecule has 1 heterocycles. The highest BCUT2D eigenvalue weighted by Crippen LogP contribution is 2.34. The van der Waals surface area contributed by atoms with Gasteiger partial charge >= 0.3 is 12.1 Å². The Bertz CT molecular complexity index is 1240. The van der Waals surface area contributed by atoms with Crippen LogP contribution >= 0.6 is 0 Å². The molecular weight excluding hydrogens is 441 g/mol. The number of hydrogen-bond acceptors (Lipinski definition) is 5. The van der Waals surface area contributed by atoms with Gasteiger partial charge in [0.2, 0.25) is 5.91 Å². The van der Waals surface area contributed by atoms with Crippen LogP contribution in [0.15, 0.2) is 59.5 Å². The van der Waals surface area contributed by atoms with Crippen molar-refractivity contribution in [3.63, 3.8) is 0 Å². The van der Waals surface area contributed by atoms with Crippen LogP contribution in [-0.2, 0) is 27.0 Å². The molecule has 0 aliphatic heterocycles. The third-order valence-electron chi connectivity index (χ3n) is 4.72. The van der Waals surface area contributed by atoms with Crippen LogP contribution in [0.1, 0.15) is 19.4 Å². The van der Waals surface area contributed by atoms with Gasteiger partial charge in [-0.2, -0.15) is 13.2 Å². The lowest BCUT2D eigenvalue weighted by molar-refractivity contribution is -0.150. The van der Waals surface area contributed by atoms with Crippen molar-refractivity contribution in [2.45, 2.75) is 32.7 Å². The molecule has 1 aromatic heterocycles. The molecule has 0 bridgehead atoms. The third kappa shape index (κ3) is 5.51. The summed E-state index contributed by atoms with van der Waals surface area (Å²) in [5, 5.41) is 2.84. The summed E-state index contributed by atoms with van der Waals surface area (Å²) in [4.78, 5) is 37.1. The Morgan fingerprint density at radius 2 is 1.79 bits per heavy atom. The van der Waals surface area contributed by atoms with Gasteiger partial charge in [-0.3, -0.25) is 9.59 Å². The fraction of sp³-hybridized carbons (Fsp3) is 0.261. The number of nitrogens with zero attached hydrogens (tertiary/aromatic N) is 1. The van der Waals surface area contributed by atoms with Gasteiger partial charge in [-0.25, -0.2) is 4.79 Å². The Morgan fingerprint density at radius 1 is 1.06 bits per heavy atom. The number of pyridine rings is 1. The number of halogens is 3. The van der Waals surface area contributed by atoms with Gasteiger partial charge < -0.3 is 19.4 Å². The van der Waals surface area contributed by atoms with E-state index in [1.165, 1.54) is 37.4 Å². The predicted molar refractivity (Wildman–Crippen MR) is 115 cm³/mol. The molecule has 0 radical (unpaired) electrons. The molecule has 3 rings (SSSR count). The lowest BCUT2D eigenvalue weighted by Gasteiger charge is -2.16. The van der Waals surface area contributed by atoms with Crippen molar-refractivity contribution < 1.29 is 32.2 Å². The van der Waals surface area contributed by atoms with Gasteiger partial charge in [-0.05, 0) is 44.2 Å². The number of aromatic nitrogens is 1. The topological polar surface area (TPSA) is 86.6 Å². The maximum absolute atomic E-state index is 13.1. The van der Waals surface area contributed by atoms with Gasteiger partial charge in [-0.1, -0.05) is 18.2 Å². The van der Waals surface area contributed by atoms with Crippen LogP contribution in [0.3, 0.4) is 0 Å². The zero-order chi connectivity index (χ0) is 24.2. The monoisotopic (exact) mass is 462 g/mol. The van der Waals surface area contributed by atoms with E-state index >= 15 is 0 Å². The molecule has 1 amide bonds. The summed E-state index contributed by atoms with van der Waals surface area (Å²) in [6.45, 7) is 2.89. The normalized spacial score (nSPS) is 12.3. The SMILES string of the molecule is CCOC(=O)[C@H](C)Oc1cccc2c(=O)n(CC(=O)Nc3ccccc3C(F)(F)F)ccc12. The summed E-state index contributed by atoms with van der Waals surface area (Å²) in [5.74, 6) is -1.07. The summed E-state index contributed by atoms with van der Waals surface area (Å²) in [6.07, 6.45) is -4.21. The number of amides is 1. The lowest BCUT2D eigenvalue weighted by Crippen LogP contribution is -2.28. The first-order chi connectivity index (χ1) is 15.6. The first kappa shape index (κ1) is 23.8. The number of hydrogen-bond donors (Lipinski definition) is 1. The van der Waals surface area contributed by atoms with Crippen molar-refractivity contribution in [3.8, 4) is 5.75 Å². The largest absolute Gasteiger partial charge is 0.478 e. The first-order valence-corrected chi connectivity index (χ1v) is 10.0. The van der Waals surface area contributed by atoms with Crippen molar-refractivity contribution in [2.24, 2.45) is 0 Å². The van der Waals surface area contributed by atoms with E-state index in [0.717, 1.165) is 16.7 Å². The molecule has 174 valence electrons. The number of carbonyl (C=O) groups excluding carboxylic acids is 2. The Hall–Kier alpha value is -3.82. The number of alkyl halides is 3. The van der Waals surface area contributed by atoms with Crippen LogP contribution in [0.4, 0.5) is 18.9 Å². The van der Waals surface area contributed by atoms with E-state index in [-0.39, 0.29) is 17.7 Å². The smallest absolute Gasteiger partial charge is 0.418 e. The number of esters is 1. The molecular formula is C23H21F3N2O5. The summed E-state index contributed by atoms with van der Waals surface area (Å²) >= 11 is 0. The highest BCUT2D eigenvalue weighted by molar-refractivity contribution is 5.92. The van der Waals surface area contributed by atoms with E-state index < -0.39 is 47.5 Å².